The van der Waals surface area contributed by atoms with Gasteiger partial charge in [0.25, 0.3) is 5.91 Å². The number of rotatable bonds is 5. The Balaban J connectivity index is 1.39. The Hall–Kier alpha value is -3.26. The molecule has 1 saturated heterocycles. The molecule has 8 heteroatoms. The van der Waals surface area contributed by atoms with E-state index in [1.807, 2.05) is 60.4 Å². The summed E-state index contributed by atoms with van der Waals surface area (Å²) < 4.78 is 0. The van der Waals surface area contributed by atoms with Gasteiger partial charge in [0.15, 0.2) is 0 Å². The Labute approximate surface area is 191 Å². The molecule has 0 saturated carbocycles. The fraction of sp³-hybridized carbons (Fsp3) is 0.333. The normalized spacial score (nSPS) is 15.9. The fourth-order valence-corrected chi connectivity index (χ4v) is 4.68. The van der Waals surface area contributed by atoms with Crippen molar-refractivity contribution in [3.05, 3.63) is 69.7 Å². The molecule has 1 aliphatic rings. The molecule has 4 rings (SSSR count). The fourth-order valence-electron chi connectivity index (χ4n) is 3.82. The summed E-state index contributed by atoms with van der Waals surface area (Å²) in [6.07, 6.45) is 2.67. The molecule has 3 aromatic rings. The number of likely N-dealkylation sites (tertiary alicyclic amines) is 1. The summed E-state index contributed by atoms with van der Waals surface area (Å²) in [4.78, 5) is 27.3. The Morgan fingerprint density at radius 2 is 1.88 bits per heavy atom. The minimum Gasteiger partial charge on any atom is -0.324 e. The summed E-state index contributed by atoms with van der Waals surface area (Å²) in [5, 5.41) is 15.4. The van der Waals surface area contributed by atoms with Crippen LogP contribution in [0.5, 0.6) is 0 Å². The second kappa shape index (κ2) is 9.91. The molecule has 32 heavy (non-hydrogen) atoms. The number of piperidine rings is 1. The molecule has 0 aliphatic carbocycles. The maximum absolute atomic E-state index is 12.9. The standard InChI is InChI=1S/C24H27N5O2S/c1-3-17-7-4-5-9-20(17)26-24(31)29-14-6-8-18(15-29)22-27-28-23(32-22)21(30)25-19-12-10-16(2)11-13-19/h4-5,7,9-13,18H,3,6,8,14-15H2,1-2H3,(H,25,30)(H,26,31)/t18-/m0/s1. The number of hydrogen-bond donors (Lipinski definition) is 2. The first kappa shape index (κ1) is 22.0. The van der Waals surface area contributed by atoms with Gasteiger partial charge < -0.3 is 15.5 Å². The van der Waals surface area contributed by atoms with Gasteiger partial charge in [0.1, 0.15) is 5.01 Å². The van der Waals surface area contributed by atoms with Crippen LogP contribution in [0.25, 0.3) is 0 Å². The minimum atomic E-state index is -0.265. The third-order valence-electron chi connectivity index (χ3n) is 5.64. The highest BCUT2D eigenvalue weighted by Gasteiger charge is 2.28. The molecule has 1 atom stereocenters. The van der Waals surface area contributed by atoms with Gasteiger partial charge in [0.2, 0.25) is 5.01 Å². The van der Waals surface area contributed by atoms with Crippen LogP contribution in [0, 0.1) is 6.92 Å². The van der Waals surface area contributed by atoms with Crippen LogP contribution in [0.2, 0.25) is 0 Å². The molecule has 1 fully saturated rings. The van der Waals surface area contributed by atoms with Crippen LogP contribution >= 0.6 is 11.3 Å². The molecule has 2 N–H and O–H groups in total. The molecule has 3 amide bonds. The van der Waals surface area contributed by atoms with Gasteiger partial charge in [-0.2, -0.15) is 0 Å². The van der Waals surface area contributed by atoms with E-state index in [-0.39, 0.29) is 17.9 Å². The summed E-state index contributed by atoms with van der Waals surface area (Å²) in [5.74, 6) is -0.187. The van der Waals surface area contributed by atoms with Crippen molar-refractivity contribution in [1.29, 1.82) is 0 Å². The molecule has 0 unspecified atom stereocenters. The van der Waals surface area contributed by atoms with E-state index in [0.29, 0.717) is 18.1 Å². The molecule has 1 aromatic heterocycles. The van der Waals surface area contributed by atoms with E-state index < -0.39 is 0 Å². The Kier molecular flexibility index (Phi) is 6.80. The van der Waals surface area contributed by atoms with E-state index in [4.69, 9.17) is 0 Å². The quantitative estimate of drug-likeness (QED) is 0.569. The number of para-hydroxylation sites is 1. The van der Waals surface area contributed by atoms with Crippen molar-refractivity contribution >= 4 is 34.6 Å². The van der Waals surface area contributed by atoms with Crippen molar-refractivity contribution in [2.75, 3.05) is 23.7 Å². The zero-order valence-electron chi connectivity index (χ0n) is 18.3. The van der Waals surface area contributed by atoms with E-state index in [2.05, 4.69) is 27.8 Å². The number of aromatic nitrogens is 2. The summed E-state index contributed by atoms with van der Waals surface area (Å²) in [7, 11) is 0. The van der Waals surface area contributed by atoms with Gasteiger partial charge in [0, 0.05) is 30.4 Å². The Morgan fingerprint density at radius 1 is 1.09 bits per heavy atom. The number of amides is 3. The lowest BCUT2D eigenvalue weighted by molar-refractivity contribution is 0.102. The number of anilines is 2. The number of carbonyl (C=O) groups is 2. The molecule has 7 nitrogen and oxygen atoms in total. The number of nitrogens with zero attached hydrogens (tertiary/aromatic N) is 3. The number of aryl methyl sites for hydroxylation is 2. The van der Waals surface area contributed by atoms with Crippen molar-refractivity contribution in [2.24, 2.45) is 0 Å². The van der Waals surface area contributed by atoms with Crippen molar-refractivity contribution in [3.8, 4) is 0 Å². The van der Waals surface area contributed by atoms with Gasteiger partial charge in [-0.1, -0.05) is 54.2 Å². The first-order valence-electron chi connectivity index (χ1n) is 10.9. The van der Waals surface area contributed by atoms with Crippen LogP contribution in [0.1, 0.15) is 51.6 Å². The van der Waals surface area contributed by atoms with Crippen molar-refractivity contribution in [2.45, 2.75) is 39.0 Å². The average molecular weight is 450 g/mol. The molecular formula is C24H27N5O2S. The van der Waals surface area contributed by atoms with E-state index in [9.17, 15) is 9.59 Å². The Bertz CT molecular complexity index is 1100. The monoisotopic (exact) mass is 449 g/mol. The third kappa shape index (κ3) is 5.13. The number of hydrogen-bond acceptors (Lipinski definition) is 5. The molecule has 2 aromatic carbocycles. The number of carbonyl (C=O) groups excluding carboxylic acids is 2. The molecule has 2 heterocycles. The predicted molar refractivity (Wildman–Crippen MR) is 127 cm³/mol. The Morgan fingerprint density at radius 3 is 2.66 bits per heavy atom. The van der Waals surface area contributed by atoms with Gasteiger partial charge in [-0.3, -0.25) is 4.79 Å². The van der Waals surface area contributed by atoms with E-state index in [1.165, 1.54) is 11.3 Å². The van der Waals surface area contributed by atoms with Gasteiger partial charge in [0.05, 0.1) is 0 Å². The largest absolute Gasteiger partial charge is 0.324 e. The lowest BCUT2D eigenvalue weighted by Crippen LogP contribution is -2.41. The SMILES string of the molecule is CCc1ccccc1NC(=O)N1CCC[C@H](c2nnc(C(=O)Nc3ccc(C)cc3)s2)C1. The topological polar surface area (TPSA) is 87.2 Å². The zero-order valence-corrected chi connectivity index (χ0v) is 19.1. The highest BCUT2D eigenvalue weighted by atomic mass is 32.1. The second-order valence-corrected chi connectivity index (χ2v) is 9.00. The molecule has 0 radical (unpaired) electrons. The molecule has 0 spiro atoms. The predicted octanol–water partition coefficient (Wildman–Crippen LogP) is 5.07. The van der Waals surface area contributed by atoms with Crippen LogP contribution < -0.4 is 10.6 Å². The number of benzene rings is 2. The van der Waals surface area contributed by atoms with Crippen LogP contribution in [-0.2, 0) is 6.42 Å². The van der Waals surface area contributed by atoms with E-state index >= 15 is 0 Å². The summed E-state index contributed by atoms with van der Waals surface area (Å²) in [6.45, 7) is 5.34. The van der Waals surface area contributed by atoms with Crippen molar-refractivity contribution < 1.29 is 9.59 Å². The first-order chi connectivity index (χ1) is 15.5. The summed E-state index contributed by atoms with van der Waals surface area (Å²) in [6, 6.07) is 15.4. The highest BCUT2D eigenvalue weighted by Crippen LogP contribution is 2.30. The second-order valence-electron chi connectivity index (χ2n) is 7.99. The first-order valence-corrected chi connectivity index (χ1v) is 11.7. The molecule has 0 bridgehead atoms. The van der Waals surface area contributed by atoms with Crippen LogP contribution in [-0.4, -0.2) is 40.1 Å². The van der Waals surface area contributed by atoms with Crippen LogP contribution in [0.3, 0.4) is 0 Å². The smallest absolute Gasteiger partial charge is 0.321 e. The van der Waals surface area contributed by atoms with E-state index in [1.54, 1.807) is 0 Å². The zero-order chi connectivity index (χ0) is 22.5. The lowest BCUT2D eigenvalue weighted by Gasteiger charge is -2.31. The molecular weight excluding hydrogens is 422 g/mol. The van der Waals surface area contributed by atoms with Gasteiger partial charge in [-0.05, 0) is 49.9 Å². The third-order valence-corrected chi connectivity index (χ3v) is 6.73. The summed E-state index contributed by atoms with van der Waals surface area (Å²) >= 11 is 1.30. The van der Waals surface area contributed by atoms with Gasteiger partial charge in [-0.25, -0.2) is 4.79 Å². The van der Waals surface area contributed by atoms with Crippen molar-refractivity contribution in [1.82, 2.24) is 15.1 Å². The van der Waals surface area contributed by atoms with Gasteiger partial charge >= 0.3 is 6.03 Å². The molecule has 1 aliphatic heterocycles. The van der Waals surface area contributed by atoms with Gasteiger partial charge in [-0.15, -0.1) is 10.2 Å². The van der Waals surface area contributed by atoms with Crippen LogP contribution in [0.4, 0.5) is 16.2 Å². The van der Waals surface area contributed by atoms with Crippen molar-refractivity contribution in [3.63, 3.8) is 0 Å². The molecule has 166 valence electrons. The van der Waals surface area contributed by atoms with Crippen LogP contribution in [0.15, 0.2) is 48.5 Å². The maximum Gasteiger partial charge on any atom is 0.321 e. The number of nitrogens with one attached hydrogen (secondary N) is 2. The lowest BCUT2D eigenvalue weighted by atomic mass is 9.99. The maximum atomic E-state index is 12.9. The minimum absolute atomic E-state index is 0.0781. The summed E-state index contributed by atoms with van der Waals surface area (Å²) in [5.41, 5.74) is 3.83. The average Bonchev–Trinajstić information content (AvgIpc) is 3.32. The number of urea groups is 1. The van der Waals surface area contributed by atoms with E-state index in [0.717, 1.165) is 46.8 Å². The highest BCUT2D eigenvalue weighted by molar-refractivity contribution is 7.13.